The Labute approximate surface area is 282 Å². The molecule has 2 aromatic carbocycles. The summed E-state index contributed by atoms with van der Waals surface area (Å²) in [6, 6.07) is 11.0. The number of nitrogens with one attached hydrogen (secondary N) is 4. The lowest BCUT2D eigenvalue weighted by Gasteiger charge is -2.27. The molecule has 0 aliphatic heterocycles. The first-order valence-electron chi connectivity index (χ1n) is 15.8. The van der Waals surface area contributed by atoms with Gasteiger partial charge in [-0.3, -0.25) is 14.4 Å². The van der Waals surface area contributed by atoms with Crippen molar-refractivity contribution in [2.24, 2.45) is 5.92 Å². The van der Waals surface area contributed by atoms with Crippen LogP contribution in [0.15, 0.2) is 48.5 Å². The standard InChI is InChI=1S/C35H50N4O9/c1-21(31(43)47-34(4,5)6)17-26(38-33(45)48-35(7,8)9)18-25-15-16-28(40)27(19-25)39-30(42)22(2)36-29(41)23(3)37-32(44)46-20-24-13-11-10-12-14-24/h10-16,19,21-23,26,40H,17-18,20H2,1-9H3,(H,36,41)(H,37,44)(H,38,45)(H,39,42)/t21?,22?,23?,26-/m1/s1. The predicted octanol–water partition coefficient (Wildman–Crippen LogP) is 4.95. The van der Waals surface area contributed by atoms with E-state index in [1.807, 2.05) is 18.2 Å². The molecule has 0 saturated carbocycles. The first-order chi connectivity index (χ1) is 22.2. The van der Waals surface area contributed by atoms with Crippen molar-refractivity contribution in [1.82, 2.24) is 16.0 Å². The summed E-state index contributed by atoms with van der Waals surface area (Å²) in [6.45, 7) is 15.2. The number of aromatic hydroxyl groups is 1. The predicted molar refractivity (Wildman–Crippen MR) is 180 cm³/mol. The molecule has 0 aliphatic carbocycles. The number of ether oxygens (including phenoxy) is 3. The lowest BCUT2D eigenvalue weighted by molar-refractivity contribution is -0.159. The molecule has 2 rings (SSSR count). The average molecular weight is 671 g/mol. The van der Waals surface area contributed by atoms with Crippen molar-refractivity contribution < 1.29 is 43.3 Å². The smallest absolute Gasteiger partial charge is 0.408 e. The van der Waals surface area contributed by atoms with E-state index in [1.165, 1.54) is 26.0 Å². The minimum atomic E-state index is -1.04. The zero-order chi connectivity index (χ0) is 36.2. The van der Waals surface area contributed by atoms with Gasteiger partial charge >= 0.3 is 18.2 Å². The summed E-state index contributed by atoms with van der Waals surface area (Å²) in [6.07, 6.45) is -0.994. The molecule has 4 amide bonds. The SMILES string of the molecule is CC(C[C@H](Cc1ccc(O)c(NC(=O)C(C)NC(=O)C(C)NC(=O)OCc2ccccc2)c1)NC(=O)OC(C)(C)C)C(=O)OC(C)(C)C. The van der Waals surface area contributed by atoms with Crippen LogP contribution in [0.25, 0.3) is 0 Å². The number of alkyl carbamates (subject to hydrolysis) is 2. The van der Waals surface area contributed by atoms with Crippen molar-refractivity contribution in [2.75, 3.05) is 5.32 Å². The van der Waals surface area contributed by atoms with Crippen LogP contribution < -0.4 is 21.3 Å². The summed E-state index contributed by atoms with van der Waals surface area (Å²) in [5.74, 6) is -2.45. The van der Waals surface area contributed by atoms with E-state index in [0.717, 1.165) is 5.56 Å². The number of hydrogen-bond donors (Lipinski definition) is 5. The van der Waals surface area contributed by atoms with E-state index < -0.39 is 65.2 Å². The monoisotopic (exact) mass is 670 g/mol. The van der Waals surface area contributed by atoms with Gasteiger partial charge < -0.3 is 40.6 Å². The van der Waals surface area contributed by atoms with Gasteiger partial charge in [0.1, 0.15) is 35.6 Å². The molecule has 0 radical (unpaired) electrons. The molecule has 0 aliphatic rings. The molecule has 5 N–H and O–H groups in total. The number of esters is 1. The third kappa shape index (κ3) is 14.7. The molecule has 3 unspecified atom stereocenters. The highest BCUT2D eigenvalue weighted by molar-refractivity contribution is 5.98. The largest absolute Gasteiger partial charge is 0.506 e. The van der Waals surface area contributed by atoms with Gasteiger partial charge in [-0.1, -0.05) is 43.3 Å². The van der Waals surface area contributed by atoms with Crippen LogP contribution in [-0.2, 0) is 41.6 Å². The van der Waals surface area contributed by atoms with Crippen LogP contribution >= 0.6 is 0 Å². The number of amides is 4. The molecule has 48 heavy (non-hydrogen) atoms. The summed E-state index contributed by atoms with van der Waals surface area (Å²) in [5, 5.41) is 20.9. The second-order valence-electron chi connectivity index (χ2n) is 13.7. The number of carbonyl (C=O) groups excluding carboxylic acids is 5. The van der Waals surface area contributed by atoms with E-state index in [4.69, 9.17) is 14.2 Å². The fourth-order valence-corrected chi connectivity index (χ4v) is 4.34. The third-order valence-corrected chi connectivity index (χ3v) is 6.66. The third-order valence-electron chi connectivity index (χ3n) is 6.66. The Bertz CT molecular complexity index is 1420. The van der Waals surface area contributed by atoms with Crippen LogP contribution in [0.2, 0.25) is 0 Å². The number of phenolic OH excluding ortho intramolecular Hbond substituents is 1. The van der Waals surface area contributed by atoms with Crippen LogP contribution in [0.1, 0.15) is 79.9 Å². The van der Waals surface area contributed by atoms with Gasteiger partial charge in [-0.05, 0) is 91.5 Å². The first-order valence-corrected chi connectivity index (χ1v) is 15.8. The summed E-state index contributed by atoms with van der Waals surface area (Å²) in [4.78, 5) is 63.1. The lowest BCUT2D eigenvalue weighted by Crippen LogP contribution is -2.50. The van der Waals surface area contributed by atoms with Gasteiger partial charge in [0.05, 0.1) is 11.6 Å². The van der Waals surface area contributed by atoms with Crippen molar-refractivity contribution in [3.63, 3.8) is 0 Å². The average Bonchev–Trinajstić information content (AvgIpc) is 2.96. The number of benzene rings is 2. The van der Waals surface area contributed by atoms with E-state index >= 15 is 0 Å². The summed E-state index contributed by atoms with van der Waals surface area (Å²) in [5.41, 5.74) is 0.0675. The van der Waals surface area contributed by atoms with Crippen molar-refractivity contribution in [2.45, 2.75) is 111 Å². The summed E-state index contributed by atoms with van der Waals surface area (Å²) in [7, 11) is 0. The van der Waals surface area contributed by atoms with Crippen molar-refractivity contribution >= 4 is 35.7 Å². The summed E-state index contributed by atoms with van der Waals surface area (Å²) < 4.78 is 16.1. The van der Waals surface area contributed by atoms with Crippen LogP contribution in [0.4, 0.5) is 15.3 Å². The normalized spacial score (nSPS) is 13.9. The molecule has 264 valence electrons. The maximum Gasteiger partial charge on any atom is 0.408 e. The van der Waals surface area contributed by atoms with E-state index in [1.54, 1.807) is 66.7 Å². The number of phenols is 1. The van der Waals surface area contributed by atoms with Crippen LogP contribution in [-0.4, -0.2) is 64.4 Å². The molecule has 4 atom stereocenters. The number of anilines is 1. The number of hydrogen-bond acceptors (Lipinski definition) is 9. The molecule has 0 spiro atoms. The topological polar surface area (TPSA) is 181 Å². The minimum Gasteiger partial charge on any atom is -0.506 e. The van der Waals surface area contributed by atoms with Gasteiger partial charge in [-0.25, -0.2) is 9.59 Å². The first kappa shape index (κ1) is 39.4. The molecule has 0 heterocycles. The van der Waals surface area contributed by atoms with Gasteiger partial charge in [0.25, 0.3) is 0 Å². The van der Waals surface area contributed by atoms with Crippen molar-refractivity contribution in [1.29, 1.82) is 0 Å². The van der Waals surface area contributed by atoms with Crippen LogP contribution in [0, 0.1) is 5.92 Å². The molecule has 2 aromatic rings. The molecule has 13 heteroatoms. The Kier molecular flexibility index (Phi) is 14.2. The second kappa shape index (κ2) is 17.4. The molecular weight excluding hydrogens is 620 g/mol. The van der Waals surface area contributed by atoms with Gasteiger partial charge in [0.2, 0.25) is 11.8 Å². The molecular formula is C35H50N4O9. The lowest BCUT2D eigenvalue weighted by atomic mass is 9.95. The highest BCUT2D eigenvalue weighted by Crippen LogP contribution is 2.26. The van der Waals surface area contributed by atoms with E-state index in [-0.39, 0.29) is 30.9 Å². The Morgan fingerprint density at radius 3 is 1.94 bits per heavy atom. The summed E-state index contributed by atoms with van der Waals surface area (Å²) >= 11 is 0. The number of carbonyl (C=O) groups is 5. The molecule has 0 saturated heterocycles. The maximum atomic E-state index is 13.0. The van der Waals surface area contributed by atoms with Crippen molar-refractivity contribution in [3.8, 4) is 5.75 Å². The van der Waals surface area contributed by atoms with Crippen LogP contribution in [0.3, 0.4) is 0 Å². The molecule has 0 bridgehead atoms. The molecule has 13 nitrogen and oxygen atoms in total. The fourth-order valence-electron chi connectivity index (χ4n) is 4.34. The highest BCUT2D eigenvalue weighted by Gasteiger charge is 2.28. The van der Waals surface area contributed by atoms with E-state index in [0.29, 0.717) is 5.56 Å². The molecule has 0 fully saturated rings. The zero-order valence-electron chi connectivity index (χ0n) is 29.3. The fraction of sp³-hybridized carbons (Fsp3) is 0.514. The zero-order valence-corrected chi connectivity index (χ0v) is 29.3. The Morgan fingerprint density at radius 2 is 1.33 bits per heavy atom. The Morgan fingerprint density at radius 1 is 0.729 bits per heavy atom. The van der Waals surface area contributed by atoms with E-state index in [9.17, 15) is 29.1 Å². The maximum absolute atomic E-state index is 13.0. The number of rotatable bonds is 13. The van der Waals surface area contributed by atoms with Crippen molar-refractivity contribution in [3.05, 3.63) is 59.7 Å². The Balaban J connectivity index is 2.05. The minimum absolute atomic E-state index is 0.0307. The molecule has 0 aromatic heterocycles. The van der Waals surface area contributed by atoms with Gasteiger partial charge in [-0.15, -0.1) is 0 Å². The van der Waals surface area contributed by atoms with Crippen LogP contribution in [0.5, 0.6) is 5.75 Å². The Hall–Kier alpha value is -4.81. The highest BCUT2D eigenvalue weighted by atomic mass is 16.6. The quantitative estimate of drug-likeness (QED) is 0.112. The van der Waals surface area contributed by atoms with Gasteiger partial charge in [0, 0.05) is 6.04 Å². The van der Waals surface area contributed by atoms with E-state index in [2.05, 4.69) is 21.3 Å². The van der Waals surface area contributed by atoms with Gasteiger partial charge in [-0.2, -0.15) is 0 Å². The second-order valence-corrected chi connectivity index (χ2v) is 13.7. The van der Waals surface area contributed by atoms with Gasteiger partial charge in [0.15, 0.2) is 0 Å².